The van der Waals surface area contributed by atoms with Crippen molar-refractivity contribution in [3.05, 3.63) is 250 Å². The average Bonchev–Trinajstić information content (AvgIpc) is 0.830. The zero-order valence-corrected chi connectivity index (χ0v) is 56.2. The number of anilines is 1. The molecule has 0 aliphatic carbocycles. The second-order valence-corrected chi connectivity index (χ2v) is 23.6. The number of alkyl halides is 9. The van der Waals surface area contributed by atoms with E-state index in [1.165, 1.54) is 91.2 Å². The summed E-state index contributed by atoms with van der Waals surface area (Å²) in [5, 5.41) is 8.06. The van der Waals surface area contributed by atoms with Gasteiger partial charge in [-0.25, -0.2) is 19.6 Å². The maximum atomic E-state index is 13.3. The van der Waals surface area contributed by atoms with E-state index in [4.69, 9.17) is 14.2 Å². The minimum Gasteiger partial charge on any atom is -0.483 e. The standard InChI is InChI=1S/C27H27F3N4O3.C25H23F3N4O3.C22H22F3N3O4/c1-19(21-7-3-2-4-8-21)37-24-17-20(11-12-31-24)18-32-26(36)34-15-13-33(14-16-34)25(35)22-9-5-6-10-23(22)27(28,29)30;26-25(27,28)21-9-5-4-8-20(21)23(33)31-12-14-32(15-13-31)24(34)30-19-10-11-22(29-16-19)35-17-18-6-2-1-3-7-18;1-26-20(30)16-7-3-5-9-18(16)32-14-19(29)27-10-12-28(13-11-27)21(31)15-6-2-4-8-17(15)22(23,24)25/h2-12,17,19H,13-16,18H2,1H3,(H,32,36);1-11,16H,12-15,17H2,(H,30,34);2-9H,10-14H2,1H3,(H,26,30). The lowest BCUT2D eigenvalue weighted by atomic mass is 10.1. The fraction of sp³-hybridized carbons (Fsp3) is 0.284. The van der Waals surface area contributed by atoms with Crippen molar-refractivity contribution in [2.24, 2.45) is 0 Å². The quantitative estimate of drug-likeness (QED) is 0.0768. The third-order valence-corrected chi connectivity index (χ3v) is 16.8. The molecule has 6 aromatic carbocycles. The van der Waals surface area contributed by atoms with Crippen molar-refractivity contribution in [2.75, 3.05) is 97.5 Å². The van der Waals surface area contributed by atoms with Gasteiger partial charge >= 0.3 is 30.6 Å². The van der Waals surface area contributed by atoms with Crippen molar-refractivity contribution in [3.8, 4) is 17.5 Å². The first-order valence-corrected chi connectivity index (χ1v) is 32.7. The van der Waals surface area contributed by atoms with Gasteiger partial charge in [-0.15, -0.1) is 0 Å². The van der Waals surface area contributed by atoms with E-state index in [9.17, 15) is 73.1 Å². The number of aromatic nitrogens is 2. The van der Waals surface area contributed by atoms with Gasteiger partial charge in [0.2, 0.25) is 11.8 Å². The molecule has 2 aromatic heterocycles. The van der Waals surface area contributed by atoms with E-state index in [0.717, 1.165) is 41.0 Å². The first-order chi connectivity index (χ1) is 49.7. The number of carbonyl (C=O) groups excluding carboxylic acids is 7. The molecular weight excluding hydrogens is 1370 g/mol. The number of nitrogens with one attached hydrogen (secondary N) is 3. The number of ether oxygens (including phenoxy) is 3. The Kier molecular flexibility index (Phi) is 25.9. The zero-order chi connectivity index (χ0) is 74.6. The topological polar surface area (TPSA) is 228 Å². The van der Waals surface area contributed by atoms with E-state index < -0.39 is 64.1 Å². The maximum absolute atomic E-state index is 13.3. The van der Waals surface area contributed by atoms with E-state index >= 15 is 0 Å². The average molecular weight is 1450 g/mol. The van der Waals surface area contributed by atoms with Crippen LogP contribution in [0.1, 0.15) is 87.8 Å². The van der Waals surface area contributed by atoms with Crippen LogP contribution in [-0.4, -0.2) is 173 Å². The molecule has 30 heteroatoms. The van der Waals surface area contributed by atoms with Crippen LogP contribution in [0.3, 0.4) is 0 Å². The van der Waals surface area contributed by atoms with Crippen LogP contribution in [0, 0.1) is 0 Å². The molecule has 0 spiro atoms. The van der Waals surface area contributed by atoms with Gasteiger partial charge in [0.05, 0.1) is 50.8 Å². The Balaban J connectivity index is 0.000000181. The SMILES string of the molecule is CC(Oc1cc(CNC(=O)N2CCN(C(=O)c3ccccc3C(F)(F)F)CC2)ccn1)c1ccccc1.CNC(=O)c1ccccc1OCC(=O)N1CCN(C(=O)c2ccccc2C(F)(F)F)CC1.O=C(Nc1ccc(OCc2ccccc2)nc1)N1CCN(C(=O)c2ccccc2C(F)(F)F)CC1. The van der Waals surface area contributed by atoms with Gasteiger partial charge in [0.1, 0.15) is 18.5 Å². The second-order valence-electron chi connectivity index (χ2n) is 23.6. The lowest BCUT2D eigenvalue weighted by Crippen LogP contribution is -2.53. The minimum atomic E-state index is -4.63. The summed E-state index contributed by atoms with van der Waals surface area (Å²) in [6, 6.07) is 46.1. The van der Waals surface area contributed by atoms with E-state index in [1.54, 1.807) is 54.7 Å². The molecule has 5 heterocycles. The zero-order valence-electron chi connectivity index (χ0n) is 56.2. The number of urea groups is 2. The first-order valence-electron chi connectivity index (χ1n) is 32.7. The summed E-state index contributed by atoms with van der Waals surface area (Å²) in [4.78, 5) is 105. The molecule has 1 atom stereocenters. The van der Waals surface area contributed by atoms with Crippen LogP contribution in [0.2, 0.25) is 0 Å². The fourth-order valence-corrected chi connectivity index (χ4v) is 11.2. The molecule has 3 aliphatic rings. The molecule has 104 heavy (non-hydrogen) atoms. The van der Waals surface area contributed by atoms with Crippen LogP contribution < -0.4 is 30.2 Å². The second kappa shape index (κ2) is 35.2. The van der Waals surface area contributed by atoms with E-state index in [0.29, 0.717) is 29.6 Å². The molecule has 1 unspecified atom stereocenters. The highest BCUT2D eigenvalue weighted by Gasteiger charge is 2.40. The Morgan fingerprint density at radius 1 is 0.452 bits per heavy atom. The van der Waals surface area contributed by atoms with Crippen LogP contribution in [-0.2, 0) is 36.5 Å². The van der Waals surface area contributed by atoms with E-state index in [2.05, 4.69) is 25.9 Å². The Hall–Kier alpha value is -11.7. The Labute approximate surface area is 592 Å². The van der Waals surface area contributed by atoms with E-state index in [-0.39, 0.29) is 133 Å². The first kappa shape index (κ1) is 76.5. The molecule has 9 amide bonds. The lowest BCUT2D eigenvalue weighted by molar-refractivity contribution is -0.138. The van der Waals surface area contributed by atoms with Gasteiger partial charge in [-0.3, -0.25) is 24.0 Å². The summed E-state index contributed by atoms with van der Waals surface area (Å²) >= 11 is 0. The number of halogens is 9. The van der Waals surface area contributed by atoms with Crippen molar-refractivity contribution < 1.29 is 87.3 Å². The number of amides is 9. The number of nitrogens with zero attached hydrogens (tertiary/aromatic N) is 8. The van der Waals surface area contributed by atoms with Gasteiger partial charge in [-0.2, -0.15) is 39.5 Å². The third-order valence-electron chi connectivity index (χ3n) is 16.8. The van der Waals surface area contributed by atoms with Gasteiger partial charge in [0.25, 0.3) is 29.5 Å². The molecule has 3 fully saturated rings. The van der Waals surface area contributed by atoms with Crippen LogP contribution in [0.5, 0.6) is 17.5 Å². The number of carbonyl (C=O) groups is 7. The molecule has 3 N–H and O–H groups in total. The highest BCUT2D eigenvalue weighted by atomic mass is 19.4. The highest BCUT2D eigenvalue weighted by Crippen LogP contribution is 2.36. The predicted molar refractivity (Wildman–Crippen MR) is 363 cm³/mol. The van der Waals surface area contributed by atoms with Crippen LogP contribution in [0.15, 0.2) is 194 Å². The predicted octanol–water partition coefficient (Wildman–Crippen LogP) is 12.0. The van der Waals surface area contributed by atoms with Crippen molar-refractivity contribution in [1.29, 1.82) is 0 Å². The molecule has 546 valence electrons. The number of hydrogen-bond donors (Lipinski definition) is 3. The fourth-order valence-electron chi connectivity index (χ4n) is 11.2. The Bertz CT molecular complexity index is 4250. The van der Waals surface area contributed by atoms with Crippen LogP contribution in [0.25, 0.3) is 0 Å². The van der Waals surface area contributed by atoms with Crippen LogP contribution in [0.4, 0.5) is 54.8 Å². The van der Waals surface area contributed by atoms with Crippen molar-refractivity contribution in [3.63, 3.8) is 0 Å². The molecular formula is C74H72F9N11O10. The molecule has 3 saturated heterocycles. The third kappa shape index (κ3) is 21.0. The van der Waals surface area contributed by atoms with Crippen molar-refractivity contribution >= 4 is 47.3 Å². The minimum absolute atomic E-state index is 0.103. The number of hydrogen-bond acceptors (Lipinski definition) is 12. The molecule has 21 nitrogen and oxygen atoms in total. The summed E-state index contributed by atoms with van der Waals surface area (Å²) in [5.41, 5.74) is -0.497. The number of para-hydroxylation sites is 1. The Morgan fingerprint density at radius 2 is 0.885 bits per heavy atom. The summed E-state index contributed by atoms with van der Waals surface area (Å²) < 4.78 is 136. The summed E-state index contributed by atoms with van der Waals surface area (Å²) in [6.45, 7) is 4.13. The number of rotatable bonds is 16. The van der Waals surface area contributed by atoms with E-state index in [1.807, 2.05) is 67.6 Å². The largest absolute Gasteiger partial charge is 0.483 e. The van der Waals surface area contributed by atoms with Crippen molar-refractivity contribution in [2.45, 2.75) is 44.7 Å². The highest BCUT2D eigenvalue weighted by molar-refractivity contribution is 5.98. The number of piperazine rings is 3. The van der Waals surface area contributed by atoms with Gasteiger partial charge in [0, 0.05) is 110 Å². The molecule has 11 rings (SSSR count). The molecule has 8 aromatic rings. The molecule has 3 aliphatic heterocycles. The van der Waals surface area contributed by atoms with Gasteiger partial charge in [0.15, 0.2) is 6.61 Å². The van der Waals surface area contributed by atoms with Crippen LogP contribution >= 0.6 is 0 Å². The normalized spacial score (nSPS) is 14.3. The number of pyridine rings is 2. The summed E-state index contributed by atoms with van der Waals surface area (Å²) in [7, 11) is 1.48. The summed E-state index contributed by atoms with van der Waals surface area (Å²) in [5.74, 6) is -1.69. The van der Waals surface area contributed by atoms with Crippen molar-refractivity contribution in [1.82, 2.24) is 50.0 Å². The summed E-state index contributed by atoms with van der Waals surface area (Å²) in [6.07, 6.45) is -11.0. The molecule has 0 bridgehead atoms. The molecule has 0 radical (unpaired) electrons. The van der Waals surface area contributed by atoms with Gasteiger partial charge in [-0.05, 0) is 84.3 Å². The monoisotopic (exact) mass is 1450 g/mol. The maximum Gasteiger partial charge on any atom is 0.417 e. The van der Waals surface area contributed by atoms with Gasteiger partial charge < -0.3 is 59.6 Å². The Morgan fingerprint density at radius 3 is 1.36 bits per heavy atom. The number of benzene rings is 6. The lowest BCUT2D eigenvalue weighted by Gasteiger charge is -2.35. The van der Waals surface area contributed by atoms with Gasteiger partial charge in [-0.1, -0.05) is 109 Å². The molecule has 0 saturated carbocycles. The smallest absolute Gasteiger partial charge is 0.417 e.